The van der Waals surface area contributed by atoms with Gasteiger partial charge in [0.25, 0.3) is 0 Å². The van der Waals surface area contributed by atoms with Gasteiger partial charge in [0.1, 0.15) is 17.3 Å². The van der Waals surface area contributed by atoms with E-state index in [1.165, 1.54) is 51.6 Å². The van der Waals surface area contributed by atoms with Crippen molar-refractivity contribution >= 4 is 29.0 Å². The molecule has 0 saturated carbocycles. The minimum atomic E-state index is 0.364. The van der Waals surface area contributed by atoms with Crippen molar-refractivity contribution in [3.63, 3.8) is 0 Å². The molecule has 2 saturated heterocycles. The van der Waals surface area contributed by atoms with Crippen LogP contribution in [0.1, 0.15) is 31.2 Å². The molecule has 0 N–H and O–H groups in total. The summed E-state index contributed by atoms with van der Waals surface area (Å²) >= 11 is 12.1. The van der Waals surface area contributed by atoms with Crippen molar-refractivity contribution < 1.29 is 0 Å². The van der Waals surface area contributed by atoms with E-state index in [9.17, 15) is 0 Å². The molecular formula is C15H22Cl2N4. The number of halogens is 2. The molecule has 0 atom stereocenters. The van der Waals surface area contributed by atoms with E-state index < -0.39 is 0 Å². The number of anilines is 1. The predicted octanol–water partition coefficient (Wildman–Crippen LogP) is 3.18. The average Bonchev–Trinajstić information content (AvgIpc) is 3.01. The molecule has 1 aromatic heterocycles. The Balaban J connectivity index is 1.59. The number of nitrogens with zero attached hydrogens (tertiary/aromatic N) is 4. The van der Waals surface area contributed by atoms with E-state index in [2.05, 4.69) is 19.8 Å². The van der Waals surface area contributed by atoms with Crippen molar-refractivity contribution in [1.82, 2.24) is 14.9 Å². The highest BCUT2D eigenvalue weighted by atomic mass is 35.5. The lowest BCUT2D eigenvalue weighted by Gasteiger charge is -2.35. The SMILES string of the molecule is ClCc1c(Cl)ncnc1N1CCC(CN2CCCC2)CC1. The van der Waals surface area contributed by atoms with Crippen molar-refractivity contribution in [3.05, 3.63) is 17.0 Å². The molecule has 0 radical (unpaired) electrons. The van der Waals surface area contributed by atoms with Gasteiger partial charge in [0.2, 0.25) is 0 Å². The second-order valence-corrected chi connectivity index (χ2v) is 6.66. The van der Waals surface area contributed by atoms with Crippen molar-refractivity contribution in [3.8, 4) is 0 Å². The Morgan fingerprint density at radius 1 is 1.10 bits per heavy atom. The van der Waals surface area contributed by atoms with E-state index in [4.69, 9.17) is 23.2 Å². The molecule has 0 amide bonds. The number of aromatic nitrogens is 2. The first kappa shape index (κ1) is 15.3. The van der Waals surface area contributed by atoms with Gasteiger partial charge >= 0.3 is 0 Å². The summed E-state index contributed by atoms with van der Waals surface area (Å²) in [5.74, 6) is 2.10. The predicted molar refractivity (Wildman–Crippen MR) is 87.2 cm³/mol. The Labute approximate surface area is 136 Å². The highest BCUT2D eigenvalue weighted by Gasteiger charge is 2.25. The van der Waals surface area contributed by atoms with Gasteiger partial charge in [-0.2, -0.15) is 0 Å². The molecule has 1 aromatic rings. The fraction of sp³-hybridized carbons (Fsp3) is 0.733. The quantitative estimate of drug-likeness (QED) is 0.627. The lowest BCUT2D eigenvalue weighted by molar-refractivity contribution is 0.249. The average molecular weight is 329 g/mol. The van der Waals surface area contributed by atoms with Crippen LogP contribution in [0, 0.1) is 5.92 Å². The Bertz CT molecular complexity index is 469. The zero-order valence-corrected chi connectivity index (χ0v) is 13.8. The van der Waals surface area contributed by atoms with Crippen LogP contribution in [0.3, 0.4) is 0 Å². The van der Waals surface area contributed by atoms with Crippen LogP contribution in [0.15, 0.2) is 6.33 Å². The maximum Gasteiger partial charge on any atom is 0.138 e. The number of likely N-dealkylation sites (tertiary alicyclic amines) is 1. The summed E-state index contributed by atoms with van der Waals surface area (Å²) in [6, 6.07) is 0. The Morgan fingerprint density at radius 3 is 2.48 bits per heavy atom. The summed E-state index contributed by atoms with van der Waals surface area (Å²) in [4.78, 5) is 13.4. The molecule has 116 valence electrons. The van der Waals surface area contributed by atoms with Crippen LogP contribution in [0.4, 0.5) is 5.82 Å². The minimum Gasteiger partial charge on any atom is -0.356 e. The van der Waals surface area contributed by atoms with Crippen LogP contribution in [-0.2, 0) is 5.88 Å². The molecule has 3 heterocycles. The smallest absolute Gasteiger partial charge is 0.138 e. The zero-order chi connectivity index (χ0) is 14.7. The summed E-state index contributed by atoms with van der Waals surface area (Å²) in [6.45, 7) is 5.92. The van der Waals surface area contributed by atoms with Crippen LogP contribution < -0.4 is 4.90 Å². The summed E-state index contributed by atoms with van der Waals surface area (Å²) < 4.78 is 0. The first-order valence-electron chi connectivity index (χ1n) is 7.80. The van der Waals surface area contributed by atoms with E-state index in [-0.39, 0.29) is 0 Å². The largest absolute Gasteiger partial charge is 0.356 e. The highest BCUT2D eigenvalue weighted by Crippen LogP contribution is 2.29. The Kier molecular flexibility index (Phi) is 5.19. The lowest BCUT2D eigenvalue weighted by atomic mass is 9.96. The van der Waals surface area contributed by atoms with Crippen molar-refractivity contribution in [1.29, 1.82) is 0 Å². The van der Waals surface area contributed by atoms with Gasteiger partial charge in [0, 0.05) is 25.2 Å². The van der Waals surface area contributed by atoms with Crippen LogP contribution >= 0.6 is 23.2 Å². The van der Waals surface area contributed by atoms with Crippen LogP contribution in [0.5, 0.6) is 0 Å². The van der Waals surface area contributed by atoms with E-state index in [0.717, 1.165) is 30.4 Å². The van der Waals surface area contributed by atoms with Gasteiger partial charge in [-0.1, -0.05) is 11.6 Å². The molecule has 3 rings (SSSR count). The number of hydrogen-bond acceptors (Lipinski definition) is 4. The minimum absolute atomic E-state index is 0.364. The fourth-order valence-corrected chi connectivity index (χ4v) is 3.94. The third-order valence-electron chi connectivity index (χ3n) is 4.63. The normalized spacial score (nSPS) is 21.1. The summed E-state index contributed by atoms with van der Waals surface area (Å²) in [5.41, 5.74) is 0.860. The Hall–Kier alpha value is -0.580. The molecule has 0 bridgehead atoms. The number of hydrogen-bond donors (Lipinski definition) is 0. The van der Waals surface area contributed by atoms with Gasteiger partial charge in [-0.15, -0.1) is 11.6 Å². The molecule has 4 nitrogen and oxygen atoms in total. The molecule has 0 spiro atoms. The standard InChI is InChI=1S/C15H22Cl2N4/c16-9-13-14(17)18-11-19-15(13)21-7-3-12(4-8-21)10-20-5-1-2-6-20/h11-12H,1-10H2. The van der Waals surface area contributed by atoms with Crippen LogP contribution in [0.2, 0.25) is 5.15 Å². The maximum atomic E-state index is 6.12. The molecule has 0 aromatic carbocycles. The van der Waals surface area contributed by atoms with Gasteiger partial charge in [-0.3, -0.25) is 0 Å². The van der Waals surface area contributed by atoms with E-state index >= 15 is 0 Å². The van der Waals surface area contributed by atoms with Crippen molar-refractivity contribution in [2.45, 2.75) is 31.6 Å². The fourth-order valence-electron chi connectivity index (χ4n) is 3.43. The number of piperidine rings is 1. The zero-order valence-electron chi connectivity index (χ0n) is 12.3. The summed E-state index contributed by atoms with van der Waals surface area (Å²) in [5, 5.41) is 0.481. The van der Waals surface area contributed by atoms with Crippen molar-refractivity contribution in [2.75, 3.05) is 37.6 Å². The molecule has 2 fully saturated rings. The molecule has 0 unspecified atom stereocenters. The number of rotatable bonds is 4. The van der Waals surface area contributed by atoms with Crippen LogP contribution in [-0.4, -0.2) is 47.6 Å². The van der Waals surface area contributed by atoms with Gasteiger partial charge < -0.3 is 9.80 Å². The third-order valence-corrected chi connectivity index (χ3v) is 5.23. The first-order chi connectivity index (χ1) is 10.3. The Morgan fingerprint density at radius 2 is 1.81 bits per heavy atom. The van der Waals surface area contributed by atoms with E-state index in [1.54, 1.807) is 0 Å². The number of alkyl halides is 1. The van der Waals surface area contributed by atoms with E-state index in [1.807, 2.05) is 0 Å². The van der Waals surface area contributed by atoms with Crippen LogP contribution in [0.25, 0.3) is 0 Å². The van der Waals surface area contributed by atoms with Gasteiger partial charge in [0.15, 0.2) is 0 Å². The second-order valence-electron chi connectivity index (χ2n) is 6.04. The lowest BCUT2D eigenvalue weighted by Crippen LogP contribution is -2.39. The molecule has 21 heavy (non-hydrogen) atoms. The topological polar surface area (TPSA) is 32.3 Å². The molecular weight excluding hydrogens is 307 g/mol. The van der Waals surface area contributed by atoms with Gasteiger partial charge in [-0.05, 0) is 44.7 Å². The highest BCUT2D eigenvalue weighted by molar-refractivity contribution is 6.31. The molecule has 2 aliphatic rings. The molecule has 6 heteroatoms. The van der Waals surface area contributed by atoms with E-state index in [0.29, 0.717) is 11.0 Å². The monoisotopic (exact) mass is 328 g/mol. The maximum absolute atomic E-state index is 6.12. The first-order valence-corrected chi connectivity index (χ1v) is 8.72. The second kappa shape index (κ2) is 7.12. The van der Waals surface area contributed by atoms with Crippen molar-refractivity contribution in [2.24, 2.45) is 5.92 Å². The third kappa shape index (κ3) is 3.61. The van der Waals surface area contributed by atoms with Gasteiger partial charge in [-0.25, -0.2) is 9.97 Å². The molecule has 0 aliphatic carbocycles. The summed E-state index contributed by atoms with van der Waals surface area (Å²) in [7, 11) is 0. The van der Waals surface area contributed by atoms with Gasteiger partial charge in [0.05, 0.1) is 5.88 Å². The summed E-state index contributed by atoms with van der Waals surface area (Å²) in [6.07, 6.45) is 6.72. The molecule has 2 aliphatic heterocycles.